The minimum atomic E-state index is -0.243. The highest BCUT2D eigenvalue weighted by molar-refractivity contribution is 5.80. The van der Waals surface area contributed by atoms with E-state index in [0.29, 0.717) is 39.1 Å². The van der Waals surface area contributed by atoms with Crippen LogP contribution in [0.4, 0.5) is 0 Å². The molecule has 0 aromatic rings. The van der Waals surface area contributed by atoms with E-state index < -0.39 is 0 Å². The number of nitrogens with two attached hydrogens (primary N) is 1. The van der Waals surface area contributed by atoms with Crippen LogP contribution in [-0.2, 0) is 14.3 Å². The van der Waals surface area contributed by atoms with Gasteiger partial charge in [0.15, 0.2) is 0 Å². The number of hydrogen-bond donors (Lipinski definition) is 1. The van der Waals surface area contributed by atoms with Crippen LogP contribution in [0.15, 0.2) is 0 Å². The highest BCUT2D eigenvalue weighted by Gasteiger charge is 2.30. The Labute approximate surface area is 120 Å². The summed E-state index contributed by atoms with van der Waals surface area (Å²) in [5, 5.41) is 0. The predicted molar refractivity (Wildman–Crippen MR) is 75.0 cm³/mol. The highest BCUT2D eigenvalue weighted by Crippen LogP contribution is 2.19. The standard InChI is InChI=1S/C14H25N3O3/c1-14(2)10-16(7-8-20-14)9-12(18)17-5-3-11(4-6-17)13(15)19/h11H,3-10H2,1-2H3,(H2,15,19). The minimum absolute atomic E-state index is 0.0682. The van der Waals surface area contributed by atoms with Crippen LogP contribution in [0.2, 0.25) is 0 Å². The van der Waals surface area contributed by atoms with E-state index in [1.165, 1.54) is 0 Å². The van der Waals surface area contributed by atoms with E-state index in [0.717, 1.165) is 13.1 Å². The van der Waals surface area contributed by atoms with Gasteiger partial charge in [-0.1, -0.05) is 0 Å². The minimum Gasteiger partial charge on any atom is -0.373 e. The fourth-order valence-electron chi connectivity index (χ4n) is 2.95. The van der Waals surface area contributed by atoms with Crippen molar-refractivity contribution in [2.24, 2.45) is 11.7 Å². The van der Waals surface area contributed by atoms with E-state index in [9.17, 15) is 9.59 Å². The van der Waals surface area contributed by atoms with Crippen LogP contribution in [0.5, 0.6) is 0 Å². The van der Waals surface area contributed by atoms with Gasteiger partial charge < -0.3 is 15.4 Å². The summed E-state index contributed by atoms with van der Waals surface area (Å²) in [6.07, 6.45) is 1.38. The van der Waals surface area contributed by atoms with E-state index in [-0.39, 0.29) is 23.3 Å². The lowest BCUT2D eigenvalue weighted by molar-refractivity contribution is -0.139. The first kappa shape index (κ1) is 15.3. The summed E-state index contributed by atoms with van der Waals surface area (Å²) in [6.45, 7) is 8.05. The first-order valence-corrected chi connectivity index (χ1v) is 7.31. The van der Waals surface area contributed by atoms with Crippen molar-refractivity contribution in [3.63, 3.8) is 0 Å². The van der Waals surface area contributed by atoms with Crippen molar-refractivity contribution in [3.8, 4) is 0 Å². The number of nitrogens with zero attached hydrogens (tertiary/aromatic N) is 2. The molecule has 6 nitrogen and oxygen atoms in total. The Kier molecular flexibility index (Phi) is 4.65. The maximum absolute atomic E-state index is 12.3. The molecule has 0 atom stereocenters. The van der Waals surface area contributed by atoms with Crippen molar-refractivity contribution in [1.82, 2.24) is 9.80 Å². The Morgan fingerprint density at radius 2 is 1.90 bits per heavy atom. The average molecular weight is 283 g/mol. The van der Waals surface area contributed by atoms with Gasteiger partial charge in [0.2, 0.25) is 11.8 Å². The summed E-state index contributed by atoms with van der Waals surface area (Å²) >= 11 is 0. The van der Waals surface area contributed by atoms with Gasteiger partial charge in [0.1, 0.15) is 0 Å². The molecule has 2 N–H and O–H groups in total. The van der Waals surface area contributed by atoms with Crippen molar-refractivity contribution >= 4 is 11.8 Å². The van der Waals surface area contributed by atoms with Crippen LogP contribution in [-0.4, -0.2) is 66.5 Å². The summed E-state index contributed by atoms with van der Waals surface area (Å²) in [6, 6.07) is 0. The molecule has 2 amide bonds. The van der Waals surface area contributed by atoms with Crippen molar-refractivity contribution < 1.29 is 14.3 Å². The van der Waals surface area contributed by atoms with Gasteiger partial charge in [0.05, 0.1) is 18.8 Å². The fraction of sp³-hybridized carbons (Fsp3) is 0.857. The second-order valence-corrected chi connectivity index (χ2v) is 6.38. The molecule has 2 rings (SSSR count). The summed E-state index contributed by atoms with van der Waals surface area (Å²) in [4.78, 5) is 27.4. The lowest BCUT2D eigenvalue weighted by Crippen LogP contribution is -2.52. The zero-order chi connectivity index (χ0) is 14.8. The molecule has 0 spiro atoms. The van der Waals surface area contributed by atoms with Gasteiger partial charge in [0.25, 0.3) is 0 Å². The first-order chi connectivity index (χ1) is 9.37. The topological polar surface area (TPSA) is 75.9 Å². The van der Waals surface area contributed by atoms with Crippen molar-refractivity contribution in [3.05, 3.63) is 0 Å². The molecule has 0 radical (unpaired) electrons. The summed E-state index contributed by atoms with van der Waals surface area (Å²) < 4.78 is 5.65. The number of primary amides is 1. The van der Waals surface area contributed by atoms with Crippen molar-refractivity contribution in [1.29, 1.82) is 0 Å². The molecule has 114 valence electrons. The number of ether oxygens (including phenoxy) is 1. The molecule has 2 aliphatic rings. The average Bonchev–Trinajstić information content (AvgIpc) is 2.37. The van der Waals surface area contributed by atoms with E-state index in [4.69, 9.17) is 10.5 Å². The number of piperidine rings is 1. The Balaban J connectivity index is 1.79. The number of rotatable bonds is 3. The number of carbonyl (C=O) groups is 2. The van der Waals surface area contributed by atoms with E-state index in [2.05, 4.69) is 4.90 Å². The van der Waals surface area contributed by atoms with Gasteiger partial charge in [-0.05, 0) is 26.7 Å². The van der Waals surface area contributed by atoms with Crippen molar-refractivity contribution in [2.45, 2.75) is 32.3 Å². The summed E-state index contributed by atoms with van der Waals surface area (Å²) in [5.74, 6) is -0.168. The van der Waals surface area contributed by atoms with Crippen LogP contribution < -0.4 is 5.73 Å². The lowest BCUT2D eigenvalue weighted by Gasteiger charge is -2.39. The third-order valence-electron chi connectivity index (χ3n) is 4.11. The second-order valence-electron chi connectivity index (χ2n) is 6.38. The van der Waals surface area contributed by atoms with E-state index in [1.807, 2.05) is 18.7 Å². The van der Waals surface area contributed by atoms with Crippen LogP contribution in [0, 0.1) is 5.92 Å². The molecule has 6 heteroatoms. The number of likely N-dealkylation sites (tertiary alicyclic amines) is 1. The SMILES string of the molecule is CC1(C)CN(CC(=O)N2CCC(C(N)=O)CC2)CCO1. The highest BCUT2D eigenvalue weighted by atomic mass is 16.5. The Morgan fingerprint density at radius 3 is 2.45 bits per heavy atom. The van der Waals surface area contributed by atoms with E-state index >= 15 is 0 Å². The quantitative estimate of drug-likeness (QED) is 0.779. The monoisotopic (exact) mass is 283 g/mol. The van der Waals surface area contributed by atoms with Gasteiger partial charge in [-0.2, -0.15) is 0 Å². The Morgan fingerprint density at radius 1 is 1.25 bits per heavy atom. The van der Waals surface area contributed by atoms with Gasteiger partial charge in [-0.15, -0.1) is 0 Å². The third kappa shape index (κ3) is 3.93. The zero-order valence-corrected chi connectivity index (χ0v) is 12.4. The number of morpholine rings is 1. The van der Waals surface area contributed by atoms with Crippen LogP contribution in [0.1, 0.15) is 26.7 Å². The second kappa shape index (κ2) is 6.10. The molecule has 0 aliphatic carbocycles. The maximum atomic E-state index is 12.3. The number of amides is 2. The predicted octanol–water partition coefficient (Wildman–Crippen LogP) is -0.179. The molecule has 20 heavy (non-hydrogen) atoms. The third-order valence-corrected chi connectivity index (χ3v) is 4.11. The Hall–Kier alpha value is -1.14. The first-order valence-electron chi connectivity index (χ1n) is 7.31. The van der Waals surface area contributed by atoms with Gasteiger partial charge in [-0.25, -0.2) is 0 Å². The number of hydrogen-bond acceptors (Lipinski definition) is 4. The molecular weight excluding hydrogens is 258 g/mol. The molecule has 0 bridgehead atoms. The molecule has 2 saturated heterocycles. The van der Waals surface area contributed by atoms with Gasteiger partial charge in [0, 0.05) is 32.1 Å². The Bertz CT molecular complexity index is 376. The van der Waals surface area contributed by atoms with Crippen LogP contribution >= 0.6 is 0 Å². The normalized spacial score (nSPS) is 24.6. The molecule has 0 aromatic heterocycles. The molecule has 0 saturated carbocycles. The lowest BCUT2D eigenvalue weighted by atomic mass is 9.96. The van der Waals surface area contributed by atoms with Gasteiger partial charge in [-0.3, -0.25) is 14.5 Å². The largest absolute Gasteiger partial charge is 0.373 e. The van der Waals surface area contributed by atoms with Crippen molar-refractivity contribution in [2.75, 3.05) is 39.3 Å². The molecular formula is C14H25N3O3. The molecule has 2 fully saturated rings. The number of carbonyl (C=O) groups excluding carboxylic acids is 2. The molecule has 2 aliphatic heterocycles. The maximum Gasteiger partial charge on any atom is 0.236 e. The molecule has 0 unspecified atom stereocenters. The molecule has 0 aromatic carbocycles. The van der Waals surface area contributed by atoms with Crippen LogP contribution in [0.3, 0.4) is 0 Å². The fourth-order valence-corrected chi connectivity index (χ4v) is 2.95. The summed E-state index contributed by atoms with van der Waals surface area (Å²) in [7, 11) is 0. The van der Waals surface area contributed by atoms with Crippen LogP contribution in [0.25, 0.3) is 0 Å². The summed E-state index contributed by atoms with van der Waals surface area (Å²) in [5.41, 5.74) is 5.12. The van der Waals surface area contributed by atoms with E-state index in [1.54, 1.807) is 0 Å². The zero-order valence-electron chi connectivity index (χ0n) is 12.4. The van der Waals surface area contributed by atoms with Gasteiger partial charge >= 0.3 is 0 Å². The molecule has 2 heterocycles. The smallest absolute Gasteiger partial charge is 0.236 e.